The van der Waals surface area contributed by atoms with Crippen LogP contribution in [0, 0.1) is 0 Å². The van der Waals surface area contributed by atoms with Gasteiger partial charge in [0, 0.05) is 6.04 Å². The van der Waals surface area contributed by atoms with Gasteiger partial charge in [-0.05, 0) is 74.4 Å². The van der Waals surface area contributed by atoms with E-state index in [-0.39, 0.29) is 11.9 Å². The van der Waals surface area contributed by atoms with Crippen molar-refractivity contribution in [1.82, 2.24) is 15.5 Å². The summed E-state index contributed by atoms with van der Waals surface area (Å²) in [6, 6.07) is 12.8. The average molecular weight is 355 g/mol. The zero-order valence-corrected chi connectivity index (χ0v) is 15.9. The van der Waals surface area contributed by atoms with Crippen LogP contribution in [0.2, 0.25) is 0 Å². The zero-order chi connectivity index (χ0) is 18.5. The number of benzene rings is 2. The van der Waals surface area contributed by atoms with Crippen molar-refractivity contribution in [3.8, 4) is 5.75 Å². The molecule has 0 saturated carbocycles. The lowest BCUT2D eigenvalue weighted by molar-refractivity contribution is -0.123. The summed E-state index contributed by atoms with van der Waals surface area (Å²) in [7, 11) is 3.72. The molecule has 0 aliphatic carbocycles. The maximum atomic E-state index is 12.4. The van der Waals surface area contributed by atoms with Gasteiger partial charge >= 0.3 is 0 Å². The maximum absolute atomic E-state index is 12.4. The van der Waals surface area contributed by atoms with E-state index in [0.717, 1.165) is 48.0 Å². The van der Waals surface area contributed by atoms with E-state index < -0.39 is 0 Å². The molecular formula is C21H29N3O2. The molecule has 2 N–H and O–H groups in total. The van der Waals surface area contributed by atoms with E-state index in [9.17, 15) is 4.79 Å². The average Bonchev–Trinajstić information content (AvgIpc) is 2.67. The summed E-state index contributed by atoms with van der Waals surface area (Å²) in [5, 5.41) is 8.78. The number of fused-ring (bicyclic) bond motifs is 1. The van der Waals surface area contributed by atoms with E-state index in [1.54, 1.807) is 7.11 Å². The van der Waals surface area contributed by atoms with Gasteiger partial charge in [0.15, 0.2) is 0 Å². The number of amides is 1. The smallest absolute Gasteiger partial charge is 0.234 e. The molecule has 140 valence electrons. The highest BCUT2D eigenvalue weighted by molar-refractivity contribution is 5.85. The van der Waals surface area contributed by atoms with Gasteiger partial charge in [0.25, 0.3) is 0 Å². The molecule has 0 spiro atoms. The number of nitrogens with one attached hydrogen (secondary N) is 2. The third-order valence-corrected chi connectivity index (χ3v) is 5.27. The van der Waals surface area contributed by atoms with Gasteiger partial charge in [-0.25, -0.2) is 0 Å². The van der Waals surface area contributed by atoms with Gasteiger partial charge in [0.05, 0.1) is 19.7 Å². The number of hydrogen-bond donors (Lipinski definition) is 2. The Morgan fingerprint density at radius 1 is 1.23 bits per heavy atom. The van der Waals surface area contributed by atoms with Crippen LogP contribution in [0.4, 0.5) is 0 Å². The second-order valence-electron chi connectivity index (χ2n) is 7.16. The predicted molar refractivity (Wildman–Crippen MR) is 106 cm³/mol. The summed E-state index contributed by atoms with van der Waals surface area (Å²) < 4.78 is 5.27. The van der Waals surface area contributed by atoms with Crippen LogP contribution in [0.1, 0.15) is 31.4 Å². The third kappa shape index (κ3) is 4.54. The number of carbonyl (C=O) groups excluding carboxylic acids is 1. The van der Waals surface area contributed by atoms with E-state index >= 15 is 0 Å². The Kier molecular flexibility index (Phi) is 6.12. The van der Waals surface area contributed by atoms with Crippen LogP contribution < -0.4 is 15.4 Å². The molecule has 1 fully saturated rings. The molecule has 5 heteroatoms. The summed E-state index contributed by atoms with van der Waals surface area (Å²) in [6.45, 7) is 4.55. The highest BCUT2D eigenvalue weighted by Crippen LogP contribution is 2.24. The molecule has 1 aliphatic rings. The summed E-state index contributed by atoms with van der Waals surface area (Å²) in [5.74, 6) is 0.931. The molecule has 5 nitrogen and oxygen atoms in total. The minimum Gasteiger partial charge on any atom is -0.497 e. The Bertz CT molecular complexity index is 756. The van der Waals surface area contributed by atoms with Gasteiger partial charge in [-0.15, -0.1) is 0 Å². The van der Waals surface area contributed by atoms with E-state index in [1.807, 2.05) is 26.1 Å². The first kappa shape index (κ1) is 18.7. The molecule has 0 bridgehead atoms. The van der Waals surface area contributed by atoms with Crippen LogP contribution in [0.15, 0.2) is 36.4 Å². The van der Waals surface area contributed by atoms with Gasteiger partial charge in [0.1, 0.15) is 5.75 Å². The molecule has 0 aromatic heterocycles. The standard InChI is InChI=1S/C21H29N3O2/c1-15(23-21(25)14-24(2)19-8-10-22-11-9-19)16-4-5-18-13-20(26-3)7-6-17(18)12-16/h4-7,12-13,15,19,22H,8-11,14H2,1-3H3,(H,23,25)/t15-/m0/s1. The second-order valence-corrected chi connectivity index (χ2v) is 7.16. The summed E-state index contributed by atoms with van der Waals surface area (Å²) in [6.07, 6.45) is 2.21. The van der Waals surface area contributed by atoms with Crippen LogP contribution in [-0.2, 0) is 4.79 Å². The topological polar surface area (TPSA) is 53.6 Å². The van der Waals surface area contributed by atoms with Gasteiger partial charge in [-0.2, -0.15) is 0 Å². The molecule has 0 unspecified atom stereocenters. The fourth-order valence-corrected chi connectivity index (χ4v) is 3.61. The molecule has 1 amide bonds. The van der Waals surface area contributed by atoms with Gasteiger partial charge in [0.2, 0.25) is 5.91 Å². The number of rotatable bonds is 6. The summed E-state index contributed by atoms with van der Waals surface area (Å²) >= 11 is 0. The fourth-order valence-electron chi connectivity index (χ4n) is 3.61. The number of nitrogens with zero attached hydrogens (tertiary/aromatic N) is 1. The van der Waals surface area contributed by atoms with Crippen LogP contribution in [0.25, 0.3) is 10.8 Å². The normalized spacial score (nSPS) is 16.6. The lowest BCUT2D eigenvalue weighted by atomic mass is 10.0. The highest BCUT2D eigenvalue weighted by Gasteiger charge is 2.20. The molecule has 2 aromatic carbocycles. The molecule has 1 atom stereocenters. The van der Waals surface area contributed by atoms with Crippen molar-refractivity contribution >= 4 is 16.7 Å². The summed E-state index contributed by atoms with van der Waals surface area (Å²) in [4.78, 5) is 14.6. The Balaban J connectivity index is 1.60. The van der Waals surface area contributed by atoms with Crippen molar-refractivity contribution in [3.05, 3.63) is 42.0 Å². The molecule has 1 aliphatic heterocycles. The number of carbonyl (C=O) groups is 1. The third-order valence-electron chi connectivity index (χ3n) is 5.27. The van der Waals surface area contributed by atoms with Gasteiger partial charge in [-0.3, -0.25) is 9.69 Å². The molecule has 26 heavy (non-hydrogen) atoms. The lowest BCUT2D eigenvalue weighted by Gasteiger charge is -2.31. The van der Waals surface area contributed by atoms with Crippen molar-refractivity contribution in [2.24, 2.45) is 0 Å². The highest BCUT2D eigenvalue weighted by atomic mass is 16.5. The van der Waals surface area contributed by atoms with Crippen molar-refractivity contribution in [3.63, 3.8) is 0 Å². The van der Waals surface area contributed by atoms with Crippen molar-refractivity contribution in [1.29, 1.82) is 0 Å². The molecule has 1 heterocycles. The number of piperidine rings is 1. The van der Waals surface area contributed by atoms with E-state index in [0.29, 0.717) is 12.6 Å². The zero-order valence-electron chi connectivity index (χ0n) is 15.9. The maximum Gasteiger partial charge on any atom is 0.234 e. The first-order valence-corrected chi connectivity index (χ1v) is 9.35. The van der Waals surface area contributed by atoms with Crippen molar-refractivity contribution in [2.45, 2.75) is 31.8 Å². The molecule has 1 saturated heterocycles. The van der Waals surface area contributed by atoms with Crippen molar-refractivity contribution < 1.29 is 9.53 Å². The fraction of sp³-hybridized carbons (Fsp3) is 0.476. The Labute approximate surface area is 155 Å². The largest absolute Gasteiger partial charge is 0.497 e. The minimum absolute atomic E-state index is 0.0181. The van der Waals surface area contributed by atoms with E-state index in [2.05, 4.69) is 39.8 Å². The molecule has 2 aromatic rings. The van der Waals surface area contributed by atoms with Crippen LogP contribution in [0.5, 0.6) is 5.75 Å². The van der Waals surface area contributed by atoms with Crippen LogP contribution in [0.3, 0.4) is 0 Å². The number of methoxy groups -OCH3 is 1. The quantitative estimate of drug-likeness (QED) is 0.837. The monoisotopic (exact) mass is 355 g/mol. The van der Waals surface area contributed by atoms with Crippen molar-refractivity contribution in [2.75, 3.05) is 33.8 Å². The Morgan fingerprint density at radius 2 is 1.92 bits per heavy atom. The first-order chi connectivity index (χ1) is 12.6. The molecule has 0 radical (unpaired) electrons. The SMILES string of the molecule is COc1ccc2cc([C@H](C)NC(=O)CN(C)C3CCNCC3)ccc2c1. The summed E-state index contributed by atoms with van der Waals surface area (Å²) in [5.41, 5.74) is 1.11. The number of likely N-dealkylation sites (N-methyl/N-ethyl adjacent to an activating group) is 1. The lowest BCUT2D eigenvalue weighted by Crippen LogP contribution is -2.45. The minimum atomic E-state index is -0.0181. The Morgan fingerprint density at radius 3 is 2.65 bits per heavy atom. The van der Waals surface area contributed by atoms with Crippen LogP contribution in [-0.4, -0.2) is 50.6 Å². The second kappa shape index (κ2) is 8.52. The molecular weight excluding hydrogens is 326 g/mol. The molecule has 3 rings (SSSR count). The van der Waals surface area contributed by atoms with Gasteiger partial charge < -0.3 is 15.4 Å². The van der Waals surface area contributed by atoms with Gasteiger partial charge in [-0.1, -0.05) is 18.2 Å². The van der Waals surface area contributed by atoms with Crippen LogP contribution >= 0.6 is 0 Å². The number of hydrogen-bond acceptors (Lipinski definition) is 4. The predicted octanol–water partition coefficient (Wildman–Crippen LogP) is 2.71. The van der Waals surface area contributed by atoms with E-state index in [4.69, 9.17) is 4.74 Å². The number of ether oxygens (including phenoxy) is 1. The first-order valence-electron chi connectivity index (χ1n) is 9.35. The van der Waals surface area contributed by atoms with E-state index in [1.165, 1.54) is 0 Å². The Hall–Kier alpha value is -2.11.